The summed E-state index contributed by atoms with van der Waals surface area (Å²) < 4.78 is 5.69. The van der Waals surface area contributed by atoms with Crippen LogP contribution in [0.5, 0.6) is 5.75 Å². The molecule has 1 N–H and O–H groups in total. The Bertz CT molecular complexity index is 866. The number of urea groups is 1. The molecule has 0 aromatic heterocycles. The van der Waals surface area contributed by atoms with E-state index in [0.29, 0.717) is 23.1 Å². The van der Waals surface area contributed by atoms with Crippen LogP contribution in [0.25, 0.3) is 0 Å². The van der Waals surface area contributed by atoms with Gasteiger partial charge < -0.3 is 19.9 Å². The van der Waals surface area contributed by atoms with Gasteiger partial charge in [-0.1, -0.05) is 41.4 Å². The molecule has 5 nitrogen and oxygen atoms in total. The summed E-state index contributed by atoms with van der Waals surface area (Å²) >= 11 is 12.4. The third-order valence-corrected chi connectivity index (χ3v) is 6.07. The molecule has 0 spiro atoms. The highest BCUT2D eigenvalue weighted by Crippen LogP contribution is 2.25. The average molecular weight is 464 g/mol. The molecular weight excluding hydrogens is 433 g/mol. The monoisotopic (exact) mass is 463 g/mol. The van der Waals surface area contributed by atoms with E-state index >= 15 is 0 Å². The molecule has 1 fully saturated rings. The van der Waals surface area contributed by atoms with Gasteiger partial charge in [-0.15, -0.1) is 0 Å². The standard InChI is InChI=1S/C24H31Cl2N3O2/c1-17(2)31-22-8-4-18(5-9-22)15-27-24(30)29(21-10-12-28(3)13-11-21)16-19-6-7-20(25)14-23(19)26/h4-9,14,17,21H,10-13,15-16H2,1-3H3,(H,27,30). The third kappa shape index (κ3) is 7.03. The molecule has 1 aliphatic rings. The Labute approximate surface area is 195 Å². The zero-order valence-electron chi connectivity index (χ0n) is 18.4. The molecule has 31 heavy (non-hydrogen) atoms. The summed E-state index contributed by atoms with van der Waals surface area (Å²) in [6.45, 7) is 6.85. The highest BCUT2D eigenvalue weighted by Gasteiger charge is 2.27. The maximum atomic E-state index is 13.2. The van der Waals surface area contributed by atoms with Gasteiger partial charge in [0.15, 0.2) is 0 Å². The van der Waals surface area contributed by atoms with Crippen LogP contribution in [0.3, 0.4) is 0 Å². The lowest BCUT2D eigenvalue weighted by molar-refractivity contribution is 0.127. The first-order valence-corrected chi connectivity index (χ1v) is 11.5. The zero-order valence-corrected chi connectivity index (χ0v) is 19.9. The zero-order chi connectivity index (χ0) is 22.4. The van der Waals surface area contributed by atoms with E-state index in [9.17, 15) is 4.79 Å². The van der Waals surface area contributed by atoms with Gasteiger partial charge >= 0.3 is 6.03 Å². The Morgan fingerprint density at radius 3 is 2.45 bits per heavy atom. The van der Waals surface area contributed by atoms with Gasteiger partial charge in [0, 0.05) is 29.2 Å². The third-order valence-electron chi connectivity index (χ3n) is 5.48. The van der Waals surface area contributed by atoms with Crippen LogP contribution < -0.4 is 10.1 Å². The summed E-state index contributed by atoms with van der Waals surface area (Å²) in [7, 11) is 2.11. The van der Waals surface area contributed by atoms with Gasteiger partial charge in [0.05, 0.1) is 6.10 Å². The van der Waals surface area contributed by atoms with Gasteiger partial charge in [0.25, 0.3) is 0 Å². The second-order valence-corrected chi connectivity index (χ2v) is 9.21. The van der Waals surface area contributed by atoms with Crippen molar-refractivity contribution in [1.29, 1.82) is 0 Å². The first-order valence-electron chi connectivity index (χ1n) is 10.7. The highest BCUT2D eigenvalue weighted by molar-refractivity contribution is 6.35. The van der Waals surface area contributed by atoms with Gasteiger partial charge in [-0.05, 0) is 82.2 Å². The Morgan fingerprint density at radius 1 is 1.16 bits per heavy atom. The molecule has 0 saturated carbocycles. The SMILES string of the molecule is CC(C)Oc1ccc(CNC(=O)N(Cc2ccc(Cl)cc2Cl)C2CCN(C)CC2)cc1. The van der Waals surface area contributed by atoms with Crippen LogP contribution in [0, 0.1) is 0 Å². The quantitative estimate of drug-likeness (QED) is 0.581. The number of carbonyl (C=O) groups is 1. The summed E-state index contributed by atoms with van der Waals surface area (Å²) in [5.74, 6) is 0.829. The van der Waals surface area contributed by atoms with Crippen LogP contribution in [-0.4, -0.2) is 48.1 Å². The molecule has 3 rings (SSSR count). The van der Waals surface area contributed by atoms with Crippen molar-refractivity contribution in [2.45, 2.75) is 51.9 Å². The number of hydrogen-bond acceptors (Lipinski definition) is 3. The minimum Gasteiger partial charge on any atom is -0.491 e. The summed E-state index contributed by atoms with van der Waals surface area (Å²) in [5, 5.41) is 4.26. The van der Waals surface area contributed by atoms with E-state index in [-0.39, 0.29) is 18.2 Å². The van der Waals surface area contributed by atoms with Crippen LogP contribution >= 0.6 is 23.2 Å². The number of piperidine rings is 1. The Hall–Kier alpha value is -1.95. The van der Waals surface area contributed by atoms with Crippen LogP contribution in [0.2, 0.25) is 10.0 Å². The number of hydrogen-bond donors (Lipinski definition) is 1. The number of halogens is 2. The van der Waals surface area contributed by atoms with E-state index in [0.717, 1.165) is 42.8 Å². The molecule has 2 aromatic rings. The van der Waals surface area contributed by atoms with E-state index in [4.69, 9.17) is 27.9 Å². The molecule has 7 heteroatoms. The van der Waals surface area contributed by atoms with Crippen molar-refractivity contribution in [3.8, 4) is 5.75 Å². The molecule has 0 aliphatic carbocycles. The van der Waals surface area contributed by atoms with E-state index < -0.39 is 0 Å². The summed E-state index contributed by atoms with van der Waals surface area (Å²) in [6, 6.07) is 13.4. The number of nitrogens with zero attached hydrogens (tertiary/aromatic N) is 2. The Balaban J connectivity index is 1.68. The lowest BCUT2D eigenvalue weighted by Crippen LogP contribution is -2.49. The topological polar surface area (TPSA) is 44.8 Å². The van der Waals surface area contributed by atoms with E-state index in [1.165, 1.54) is 0 Å². The Morgan fingerprint density at radius 2 is 1.84 bits per heavy atom. The van der Waals surface area contributed by atoms with Crippen LogP contribution in [0.4, 0.5) is 4.79 Å². The largest absolute Gasteiger partial charge is 0.491 e. The van der Waals surface area contributed by atoms with Crippen LogP contribution in [-0.2, 0) is 13.1 Å². The van der Waals surface area contributed by atoms with Crippen molar-refractivity contribution in [2.24, 2.45) is 0 Å². The van der Waals surface area contributed by atoms with E-state index in [2.05, 4.69) is 17.3 Å². The normalized spacial score (nSPS) is 15.2. The lowest BCUT2D eigenvalue weighted by Gasteiger charge is -2.37. The molecule has 0 unspecified atom stereocenters. The smallest absolute Gasteiger partial charge is 0.318 e. The van der Waals surface area contributed by atoms with Crippen molar-refractivity contribution >= 4 is 29.2 Å². The van der Waals surface area contributed by atoms with E-state index in [1.807, 2.05) is 55.1 Å². The van der Waals surface area contributed by atoms with E-state index in [1.54, 1.807) is 6.07 Å². The average Bonchev–Trinajstić information content (AvgIpc) is 2.73. The predicted molar refractivity (Wildman–Crippen MR) is 127 cm³/mol. The molecule has 2 aromatic carbocycles. The molecule has 1 saturated heterocycles. The lowest BCUT2D eigenvalue weighted by atomic mass is 10.0. The minimum atomic E-state index is -0.0805. The fourth-order valence-corrected chi connectivity index (χ4v) is 4.21. The molecule has 1 aliphatic heterocycles. The van der Waals surface area contributed by atoms with Crippen molar-refractivity contribution in [3.63, 3.8) is 0 Å². The number of amides is 2. The second-order valence-electron chi connectivity index (χ2n) is 8.37. The van der Waals surface area contributed by atoms with Crippen LogP contribution in [0.15, 0.2) is 42.5 Å². The maximum Gasteiger partial charge on any atom is 0.318 e. The summed E-state index contributed by atoms with van der Waals surface area (Å²) in [6.07, 6.45) is 2.01. The minimum absolute atomic E-state index is 0.0805. The number of nitrogens with one attached hydrogen (secondary N) is 1. The molecule has 0 radical (unpaired) electrons. The number of likely N-dealkylation sites (tertiary alicyclic amines) is 1. The number of benzene rings is 2. The van der Waals surface area contributed by atoms with Crippen molar-refractivity contribution < 1.29 is 9.53 Å². The fourth-order valence-electron chi connectivity index (χ4n) is 3.74. The first kappa shape index (κ1) is 23.7. The maximum absolute atomic E-state index is 13.2. The van der Waals surface area contributed by atoms with Crippen molar-refractivity contribution in [1.82, 2.24) is 15.1 Å². The van der Waals surface area contributed by atoms with Gasteiger partial charge in [-0.2, -0.15) is 0 Å². The first-order chi connectivity index (χ1) is 14.8. The van der Waals surface area contributed by atoms with Crippen molar-refractivity contribution in [2.75, 3.05) is 20.1 Å². The fraction of sp³-hybridized carbons (Fsp3) is 0.458. The van der Waals surface area contributed by atoms with Crippen LogP contribution in [0.1, 0.15) is 37.8 Å². The number of rotatable bonds is 7. The molecule has 1 heterocycles. The predicted octanol–water partition coefficient (Wildman–Crippen LogP) is 5.59. The Kier molecular flexibility index (Phi) is 8.47. The molecule has 0 bridgehead atoms. The second kappa shape index (κ2) is 11.1. The number of ether oxygens (including phenoxy) is 1. The summed E-state index contributed by atoms with van der Waals surface area (Å²) in [5.41, 5.74) is 1.92. The number of carbonyl (C=O) groups excluding carboxylic acids is 1. The molecule has 0 atom stereocenters. The molecule has 2 amide bonds. The molecular formula is C24H31Cl2N3O2. The highest BCUT2D eigenvalue weighted by atomic mass is 35.5. The van der Waals surface area contributed by atoms with Crippen molar-refractivity contribution in [3.05, 3.63) is 63.6 Å². The van der Waals surface area contributed by atoms with Gasteiger partial charge in [-0.25, -0.2) is 4.79 Å². The van der Waals surface area contributed by atoms with Gasteiger partial charge in [0.1, 0.15) is 5.75 Å². The van der Waals surface area contributed by atoms with Gasteiger partial charge in [-0.3, -0.25) is 0 Å². The summed E-state index contributed by atoms with van der Waals surface area (Å²) in [4.78, 5) is 17.4. The molecule has 168 valence electrons. The van der Waals surface area contributed by atoms with Gasteiger partial charge in [0.2, 0.25) is 0 Å².